The topological polar surface area (TPSA) is 9.23 Å². The zero-order valence-electron chi connectivity index (χ0n) is 10.8. The standard InChI is InChI=1S/C16H17BrOS/c1-12-7-8-15(17)9-16(12)18-10-14(11-19)13-5-3-2-4-6-13/h2-9,14,19H,10-11H2,1H3. The summed E-state index contributed by atoms with van der Waals surface area (Å²) in [5.74, 6) is 2.01. The van der Waals surface area contributed by atoms with Gasteiger partial charge in [-0.05, 0) is 30.2 Å². The Labute approximate surface area is 128 Å². The lowest BCUT2D eigenvalue weighted by Crippen LogP contribution is -2.12. The fourth-order valence-corrected chi connectivity index (χ4v) is 2.56. The van der Waals surface area contributed by atoms with Gasteiger partial charge in [0.1, 0.15) is 5.75 Å². The van der Waals surface area contributed by atoms with E-state index in [0.717, 1.165) is 21.5 Å². The number of ether oxygens (including phenoxy) is 1. The van der Waals surface area contributed by atoms with Crippen LogP contribution in [0.1, 0.15) is 17.0 Å². The molecule has 0 aliphatic rings. The van der Waals surface area contributed by atoms with Gasteiger partial charge < -0.3 is 4.74 Å². The molecule has 0 saturated heterocycles. The van der Waals surface area contributed by atoms with Crippen molar-refractivity contribution in [3.63, 3.8) is 0 Å². The van der Waals surface area contributed by atoms with Crippen molar-refractivity contribution in [3.05, 3.63) is 64.1 Å². The fraction of sp³-hybridized carbons (Fsp3) is 0.250. The minimum Gasteiger partial charge on any atom is -0.493 e. The second-order valence-electron chi connectivity index (χ2n) is 4.51. The Kier molecular flexibility index (Phi) is 5.34. The Morgan fingerprint density at radius 2 is 1.89 bits per heavy atom. The van der Waals surface area contributed by atoms with E-state index in [2.05, 4.69) is 65.8 Å². The molecule has 0 aliphatic carbocycles. The molecule has 0 spiro atoms. The van der Waals surface area contributed by atoms with Crippen LogP contribution in [0.25, 0.3) is 0 Å². The minimum absolute atomic E-state index is 0.308. The maximum absolute atomic E-state index is 5.95. The molecule has 0 fully saturated rings. The van der Waals surface area contributed by atoms with Crippen molar-refractivity contribution in [2.24, 2.45) is 0 Å². The lowest BCUT2D eigenvalue weighted by molar-refractivity contribution is 0.295. The van der Waals surface area contributed by atoms with Crippen LogP contribution in [0.15, 0.2) is 53.0 Å². The Hall–Kier alpha value is -0.930. The predicted molar refractivity (Wildman–Crippen MR) is 87.4 cm³/mol. The van der Waals surface area contributed by atoms with E-state index in [0.29, 0.717) is 12.5 Å². The molecule has 0 N–H and O–H groups in total. The molecule has 0 heterocycles. The van der Waals surface area contributed by atoms with Gasteiger partial charge in [0.15, 0.2) is 0 Å². The molecule has 0 bridgehead atoms. The van der Waals surface area contributed by atoms with E-state index >= 15 is 0 Å². The van der Waals surface area contributed by atoms with Crippen molar-refractivity contribution in [2.75, 3.05) is 12.4 Å². The average Bonchev–Trinajstić information content (AvgIpc) is 2.44. The molecule has 1 atom stereocenters. The summed E-state index contributed by atoms with van der Waals surface area (Å²) in [6.07, 6.45) is 0. The van der Waals surface area contributed by atoms with Gasteiger partial charge in [-0.3, -0.25) is 0 Å². The maximum atomic E-state index is 5.95. The molecule has 19 heavy (non-hydrogen) atoms. The molecule has 3 heteroatoms. The van der Waals surface area contributed by atoms with Gasteiger partial charge in [0.2, 0.25) is 0 Å². The van der Waals surface area contributed by atoms with E-state index < -0.39 is 0 Å². The van der Waals surface area contributed by atoms with Gasteiger partial charge in [-0.25, -0.2) is 0 Å². The monoisotopic (exact) mass is 336 g/mol. The third-order valence-electron chi connectivity index (χ3n) is 3.08. The molecule has 2 rings (SSSR count). The van der Waals surface area contributed by atoms with Crippen molar-refractivity contribution in [1.29, 1.82) is 0 Å². The summed E-state index contributed by atoms with van der Waals surface area (Å²) in [7, 11) is 0. The first-order chi connectivity index (χ1) is 9.20. The van der Waals surface area contributed by atoms with Crippen molar-refractivity contribution in [1.82, 2.24) is 0 Å². The summed E-state index contributed by atoms with van der Waals surface area (Å²) in [6, 6.07) is 16.5. The van der Waals surface area contributed by atoms with Crippen LogP contribution in [0.4, 0.5) is 0 Å². The highest BCUT2D eigenvalue weighted by atomic mass is 79.9. The Balaban J connectivity index is 2.06. The molecule has 100 valence electrons. The van der Waals surface area contributed by atoms with Crippen molar-refractivity contribution >= 4 is 28.6 Å². The smallest absolute Gasteiger partial charge is 0.123 e. The lowest BCUT2D eigenvalue weighted by Gasteiger charge is -2.17. The molecule has 0 amide bonds. The van der Waals surface area contributed by atoms with E-state index in [9.17, 15) is 0 Å². The SMILES string of the molecule is Cc1ccc(Br)cc1OCC(CS)c1ccccc1. The van der Waals surface area contributed by atoms with Gasteiger partial charge in [-0.1, -0.05) is 52.3 Å². The zero-order chi connectivity index (χ0) is 13.7. The minimum atomic E-state index is 0.308. The molecule has 2 aromatic carbocycles. The number of thiol groups is 1. The first-order valence-electron chi connectivity index (χ1n) is 6.25. The van der Waals surface area contributed by atoms with Crippen LogP contribution in [-0.4, -0.2) is 12.4 Å². The molecule has 2 aromatic rings. The molecule has 1 unspecified atom stereocenters. The number of rotatable bonds is 5. The van der Waals surface area contributed by atoms with Crippen molar-refractivity contribution < 1.29 is 4.74 Å². The van der Waals surface area contributed by atoms with Gasteiger partial charge in [0, 0.05) is 16.1 Å². The van der Waals surface area contributed by atoms with Gasteiger partial charge in [-0.15, -0.1) is 0 Å². The van der Waals surface area contributed by atoms with Crippen LogP contribution in [0.3, 0.4) is 0 Å². The van der Waals surface area contributed by atoms with Crippen LogP contribution in [0.5, 0.6) is 5.75 Å². The molecule has 1 nitrogen and oxygen atoms in total. The first kappa shape index (κ1) is 14.5. The van der Waals surface area contributed by atoms with Crippen LogP contribution in [0, 0.1) is 6.92 Å². The van der Waals surface area contributed by atoms with E-state index in [1.807, 2.05) is 18.2 Å². The van der Waals surface area contributed by atoms with Crippen molar-refractivity contribution in [3.8, 4) is 5.75 Å². The van der Waals surface area contributed by atoms with E-state index in [1.54, 1.807) is 0 Å². The van der Waals surface area contributed by atoms with Crippen LogP contribution in [-0.2, 0) is 0 Å². The van der Waals surface area contributed by atoms with Gasteiger partial charge in [-0.2, -0.15) is 12.6 Å². The second-order valence-corrected chi connectivity index (χ2v) is 5.79. The summed E-state index contributed by atoms with van der Waals surface area (Å²) in [4.78, 5) is 0. The summed E-state index contributed by atoms with van der Waals surface area (Å²) >= 11 is 7.90. The molecular formula is C16H17BrOS. The third-order valence-corrected chi connectivity index (χ3v) is 4.02. The van der Waals surface area contributed by atoms with Gasteiger partial charge in [0.05, 0.1) is 6.61 Å². The quantitative estimate of drug-likeness (QED) is 0.768. The first-order valence-corrected chi connectivity index (χ1v) is 7.68. The van der Waals surface area contributed by atoms with E-state index in [1.165, 1.54) is 5.56 Å². The predicted octanol–water partition coefficient (Wildman–Crippen LogP) is 4.85. The third kappa shape index (κ3) is 4.02. The molecule has 0 radical (unpaired) electrons. The maximum Gasteiger partial charge on any atom is 0.123 e. The average molecular weight is 337 g/mol. The highest BCUT2D eigenvalue weighted by Crippen LogP contribution is 2.25. The Bertz CT molecular complexity index is 528. The molecular weight excluding hydrogens is 320 g/mol. The summed E-state index contributed by atoms with van der Waals surface area (Å²) in [5, 5.41) is 0. The zero-order valence-corrected chi connectivity index (χ0v) is 13.3. The highest BCUT2D eigenvalue weighted by molar-refractivity contribution is 9.10. The number of halogens is 1. The molecule has 0 aromatic heterocycles. The van der Waals surface area contributed by atoms with Crippen LogP contribution < -0.4 is 4.74 Å². The lowest BCUT2D eigenvalue weighted by atomic mass is 10.0. The number of aryl methyl sites for hydroxylation is 1. The highest BCUT2D eigenvalue weighted by Gasteiger charge is 2.11. The van der Waals surface area contributed by atoms with Gasteiger partial charge in [0.25, 0.3) is 0 Å². The molecule has 0 saturated carbocycles. The van der Waals surface area contributed by atoms with Crippen LogP contribution in [0.2, 0.25) is 0 Å². The Morgan fingerprint density at radius 1 is 1.16 bits per heavy atom. The summed E-state index contributed by atoms with van der Waals surface area (Å²) in [6.45, 7) is 2.70. The number of benzene rings is 2. The van der Waals surface area contributed by atoms with E-state index in [4.69, 9.17) is 4.74 Å². The summed E-state index contributed by atoms with van der Waals surface area (Å²) < 4.78 is 6.98. The van der Waals surface area contributed by atoms with Crippen LogP contribution >= 0.6 is 28.6 Å². The number of hydrogen-bond donors (Lipinski definition) is 1. The van der Waals surface area contributed by atoms with Crippen molar-refractivity contribution in [2.45, 2.75) is 12.8 Å². The largest absolute Gasteiger partial charge is 0.493 e. The van der Waals surface area contributed by atoms with Gasteiger partial charge >= 0.3 is 0 Å². The fourth-order valence-electron chi connectivity index (χ4n) is 1.90. The van der Waals surface area contributed by atoms with E-state index in [-0.39, 0.29) is 0 Å². The Morgan fingerprint density at radius 3 is 2.58 bits per heavy atom. The number of hydrogen-bond acceptors (Lipinski definition) is 2. The normalized spacial score (nSPS) is 12.2. The second kappa shape index (κ2) is 7.01. The summed E-state index contributed by atoms with van der Waals surface area (Å²) in [5.41, 5.74) is 2.42. The molecule has 0 aliphatic heterocycles.